The normalized spacial score (nSPS) is 12.6. The fourth-order valence-electron chi connectivity index (χ4n) is 5.97. The second kappa shape index (κ2) is 36.8. The molecule has 56 heavy (non-hydrogen) atoms. The molecule has 0 aliphatic heterocycles. The van der Waals surface area contributed by atoms with E-state index in [0.717, 1.165) is 73.2 Å². The summed E-state index contributed by atoms with van der Waals surface area (Å²) < 4.78 is 54.8. The van der Waals surface area contributed by atoms with Gasteiger partial charge in [0.05, 0.1) is 0 Å². The molecule has 0 fully saturated rings. The van der Waals surface area contributed by atoms with E-state index in [4.69, 9.17) is 39.8 Å². The van der Waals surface area contributed by atoms with Crippen molar-refractivity contribution in [3.8, 4) is 0 Å². The molecule has 0 unspecified atom stereocenters. The average Bonchev–Trinajstić information content (AvgIpc) is 3.17. The SMILES string of the molecule is CCO[Si](CCCSSSSCCc1cccc(CC[Si](OCC)(OCC)OCC)c1CCSSSSCCC[Si](OCC)(OCC)OCC)(OCC)OCC. The molecule has 0 bridgehead atoms. The van der Waals surface area contributed by atoms with Crippen LogP contribution in [0.3, 0.4) is 0 Å². The van der Waals surface area contributed by atoms with E-state index in [1.165, 1.54) is 16.7 Å². The van der Waals surface area contributed by atoms with Crippen molar-refractivity contribution in [2.45, 2.75) is 113 Å². The molecule has 20 heteroatoms. The van der Waals surface area contributed by atoms with E-state index in [0.29, 0.717) is 59.5 Å². The van der Waals surface area contributed by atoms with E-state index in [1.807, 2.05) is 145 Å². The minimum Gasteiger partial charge on any atom is -0.374 e. The quantitative estimate of drug-likeness (QED) is 0.0354. The van der Waals surface area contributed by atoms with Crippen LogP contribution >= 0.6 is 82.5 Å². The fourth-order valence-corrected chi connectivity index (χ4v) is 26.4. The van der Waals surface area contributed by atoms with Gasteiger partial charge in [-0.15, -0.1) is 0 Å². The summed E-state index contributed by atoms with van der Waals surface area (Å²) in [6.07, 6.45) is 5.01. The molecule has 9 nitrogen and oxygen atoms in total. The maximum Gasteiger partial charge on any atom is 0.501 e. The molecule has 0 atom stereocenters. The van der Waals surface area contributed by atoms with Crippen LogP contribution in [0.5, 0.6) is 0 Å². The summed E-state index contributed by atoms with van der Waals surface area (Å²) >= 11 is 0. The zero-order valence-corrected chi connectivity index (χ0v) is 45.1. The molecule has 1 aromatic rings. The van der Waals surface area contributed by atoms with Crippen molar-refractivity contribution in [3.05, 3.63) is 34.9 Å². The zero-order valence-electron chi connectivity index (χ0n) is 35.5. The van der Waals surface area contributed by atoms with E-state index in [1.54, 1.807) is 0 Å². The van der Waals surface area contributed by atoms with Gasteiger partial charge in [0.25, 0.3) is 0 Å². The van der Waals surface area contributed by atoms with Gasteiger partial charge in [0, 0.05) is 101 Å². The highest BCUT2D eigenvalue weighted by Crippen LogP contribution is 2.45. The van der Waals surface area contributed by atoms with Gasteiger partial charge >= 0.3 is 26.4 Å². The third-order valence-corrected chi connectivity index (χ3v) is 30.4. The Labute approximate surface area is 375 Å². The Kier molecular flexibility index (Phi) is 37.0. The minimum absolute atomic E-state index is 0.596. The van der Waals surface area contributed by atoms with Crippen LogP contribution in [-0.2, 0) is 59.1 Å². The van der Waals surface area contributed by atoms with Crippen LogP contribution in [0.4, 0.5) is 0 Å². The summed E-state index contributed by atoms with van der Waals surface area (Å²) in [5, 5.41) is 0. The maximum atomic E-state index is 6.22. The van der Waals surface area contributed by atoms with Crippen molar-refractivity contribution in [2.24, 2.45) is 0 Å². The summed E-state index contributed by atoms with van der Waals surface area (Å²) in [5.74, 6) is 4.21. The van der Waals surface area contributed by atoms with E-state index < -0.39 is 26.4 Å². The van der Waals surface area contributed by atoms with Gasteiger partial charge in [-0.25, -0.2) is 0 Å². The standard InChI is InChI=1S/C36H72O9S8Si3/c1-10-37-54(38-11-2,39-12-3)31-20-27-46-50-52-48-29-24-34-22-19-23-35(26-33-56(43-16-7,44-17-8)45-18-9)36(34)25-30-49-53-51-47-28-21-32-55(40-13-4,41-14-5)42-15-6/h19,22-23H,10-18,20-21,24-33H2,1-9H3. The zero-order chi connectivity index (χ0) is 41.2. The molecule has 0 spiro atoms. The second-order valence-corrected chi connectivity index (χ2v) is 32.4. The molecule has 0 saturated heterocycles. The lowest BCUT2D eigenvalue weighted by molar-refractivity contribution is 0.0704. The highest BCUT2D eigenvalue weighted by atomic mass is 33.7. The van der Waals surface area contributed by atoms with Crippen molar-refractivity contribution in [2.75, 3.05) is 82.5 Å². The van der Waals surface area contributed by atoms with Crippen molar-refractivity contribution in [3.63, 3.8) is 0 Å². The van der Waals surface area contributed by atoms with E-state index in [2.05, 4.69) is 18.2 Å². The molecule has 0 aliphatic rings. The molecule has 1 rings (SSSR count). The summed E-state index contributed by atoms with van der Waals surface area (Å²) in [6.45, 7) is 23.7. The Morgan fingerprint density at radius 3 is 1.04 bits per heavy atom. The van der Waals surface area contributed by atoms with Gasteiger partial charge in [0.2, 0.25) is 0 Å². The van der Waals surface area contributed by atoms with Gasteiger partial charge in [0.15, 0.2) is 0 Å². The third kappa shape index (κ3) is 24.2. The monoisotopic (exact) mass is 988 g/mol. The predicted octanol–water partition coefficient (Wildman–Crippen LogP) is 12.6. The predicted molar refractivity (Wildman–Crippen MR) is 263 cm³/mol. The van der Waals surface area contributed by atoms with Crippen LogP contribution in [-0.4, -0.2) is 109 Å². The van der Waals surface area contributed by atoms with Crippen LogP contribution in [0.15, 0.2) is 18.2 Å². The first-order valence-electron chi connectivity index (χ1n) is 20.3. The molecule has 0 aliphatic carbocycles. The van der Waals surface area contributed by atoms with Crippen molar-refractivity contribution >= 4 is 109 Å². The van der Waals surface area contributed by atoms with Crippen LogP contribution in [0.1, 0.15) is 91.8 Å². The first-order valence-corrected chi connectivity index (χ1v) is 36.4. The summed E-state index contributed by atoms with van der Waals surface area (Å²) in [4.78, 5) is 0. The number of aryl methyl sites for hydroxylation is 2. The molecule has 0 heterocycles. The Morgan fingerprint density at radius 2 is 0.679 bits per heavy atom. The first kappa shape index (κ1) is 56.3. The molecule has 330 valence electrons. The smallest absolute Gasteiger partial charge is 0.374 e. The lowest BCUT2D eigenvalue weighted by atomic mass is 9.96. The Bertz CT molecular complexity index is 1030. The Balaban J connectivity index is 2.75. The third-order valence-electron chi connectivity index (χ3n) is 7.91. The van der Waals surface area contributed by atoms with Crippen LogP contribution in [0.25, 0.3) is 0 Å². The summed E-state index contributed by atoms with van der Waals surface area (Å²) in [7, 11) is 7.33. The maximum absolute atomic E-state index is 6.22. The molecule has 1 aromatic carbocycles. The van der Waals surface area contributed by atoms with Gasteiger partial charge < -0.3 is 39.8 Å². The number of hydrogen-bond donors (Lipinski definition) is 0. The van der Waals surface area contributed by atoms with Gasteiger partial charge in [-0.1, -0.05) is 61.4 Å². The first-order chi connectivity index (χ1) is 27.3. The van der Waals surface area contributed by atoms with Crippen molar-refractivity contribution in [1.82, 2.24) is 0 Å². The van der Waals surface area contributed by atoms with Crippen molar-refractivity contribution in [1.29, 1.82) is 0 Å². The number of benzene rings is 1. The molecule has 0 aromatic heterocycles. The Morgan fingerprint density at radius 1 is 0.375 bits per heavy atom. The molecular weight excluding hydrogens is 917 g/mol. The topological polar surface area (TPSA) is 83.1 Å². The van der Waals surface area contributed by atoms with Crippen LogP contribution in [0, 0.1) is 0 Å². The lowest BCUT2D eigenvalue weighted by Crippen LogP contribution is -2.46. The van der Waals surface area contributed by atoms with E-state index in [-0.39, 0.29) is 0 Å². The van der Waals surface area contributed by atoms with Gasteiger partial charge in [-0.05, 0) is 150 Å². The molecule has 0 amide bonds. The highest BCUT2D eigenvalue weighted by Gasteiger charge is 2.41. The number of hydrogen-bond acceptors (Lipinski definition) is 17. The average molecular weight is 990 g/mol. The van der Waals surface area contributed by atoms with Gasteiger partial charge in [-0.2, -0.15) is 0 Å². The largest absolute Gasteiger partial charge is 0.501 e. The second-order valence-electron chi connectivity index (χ2n) is 11.8. The molecule has 0 radical (unpaired) electrons. The van der Waals surface area contributed by atoms with E-state index >= 15 is 0 Å². The van der Waals surface area contributed by atoms with Gasteiger partial charge in [-0.3, -0.25) is 0 Å². The van der Waals surface area contributed by atoms with E-state index in [9.17, 15) is 0 Å². The van der Waals surface area contributed by atoms with Crippen LogP contribution in [0.2, 0.25) is 18.1 Å². The van der Waals surface area contributed by atoms with Crippen molar-refractivity contribution < 1.29 is 39.8 Å². The summed E-state index contributed by atoms with van der Waals surface area (Å²) in [6, 6.07) is 9.37. The van der Waals surface area contributed by atoms with Gasteiger partial charge in [0.1, 0.15) is 0 Å². The van der Waals surface area contributed by atoms with Crippen LogP contribution < -0.4 is 0 Å². The molecule has 0 N–H and O–H groups in total. The number of rotatable bonds is 41. The lowest BCUT2D eigenvalue weighted by Gasteiger charge is -2.29. The molecular formula is C36H72O9S8Si3. The summed E-state index contributed by atoms with van der Waals surface area (Å²) in [5.41, 5.74) is 4.32. The highest BCUT2D eigenvalue weighted by molar-refractivity contribution is 9.26. The fraction of sp³-hybridized carbons (Fsp3) is 0.833. The Hall–Kier alpha value is 2.31. The minimum atomic E-state index is -2.75. The molecule has 0 saturated carbocycles.